The molecule has 0 radical (unpaired) electrons. The lowest BCUT2D eigenvalue weighted by molar-refractivity contribution is -0.0630. The van der Waals surface area contributed by atoms with Crippen molar-refractivity contribution in [1.29, 1.82) is 0 Å². The van der Waals surface area contributed by atoms with E-state index in [0.717, 1.165) is 38.7 Å². The van der Waals surface area contributed by atoms with Gasteiger partial charge in [-0.05, 0) is 56.7 Å². The van der Waals surface area contributed by atoms with Crippen LogP contribution in [0.1, 0.15) is 37.7 Å². The van der Waals surface area contributed by atoms with E-state index < -0.39 is 0 Å². The van der Waals surface area contributed by atoms with Crippen molar-refractivity contribution in [3.63, 3.8) is 0 Å². The Balaban J connectivity index is 1.21. The van der Waals surface area contributed by atoms with Crippen LogP contribution in [0.5, 0.6) is 0 Å². The SMILES string of the molecule is c1ccc(CN2CCC(N[C@H]3COCC[C@H]3OCC3CC3)CC2)cc1. The Bertz CT molecular complexity index is 512. The highest BCUT2D eigenvalue weighted by molar-refractivity contribution is 5.14. The van der Waals surface area contributed by atoms with E-state index in [4.69, 9.17) is 9.47 Å². The summed E-state index contributed by atoms with van der Waals surface area (Å²) in [7, 11) is 0. The molecule has 1 N–H and O–H groups in total. The molecule has 138 valence electrons. The monoisotopic (exact) mass is 344 g/mol. The molecule has 4 nitrogen and oxygen atoms in total. The van der Waals surface area contributed by atoms with E-state index >= 15 is 0 Å². The Morgan fingerprint density at radius 2 is 1.84 bits per heavy atom. The molecule has 0 bridgehead atoms. The van der Waals surface area contributed by atoms with Gasteiger partial charge in [0, 0.05) is 25.8 Å². The summed E-state index contributed by atoms with van der Waals surface area (Å²) >= 11 is 0. The first kappa shape index (κ1) is 17.5. The molecule has 2 aliphatic heterocycles. The normalized spacial score (nSPS) is 29.0. The van der Waals surface area contributed by atoms with Crippen molar-refractivity contribution in [2.24, 2.45) is 5.92 Å². The van der Waals surface area contributed by atoms with Crippen LogP contribution < -0.4 is 5.32 Å². The molecule has 3 aliphatic rings. The molecule has 2 atom stereocenters. The third kappa shape index (κ3) is 5.27. The average molecular weight is 344 g/mol. The molecule has 0 aromatic heterocycles. The highest BCUT2D eigenvalue weighted by Crippen LogP contribution is 2.30. The zero-order valence-electron chi connectivity index (χ0n) is 15.2. The summed E-state index contributed by atoms with van der Waals surface area (Å²) in [6.07, 6.45) is 6.55. The van der Waals surface area contributed by atoms with Gasteiger partial charge >= 0.3 is 0 Å². The molecule has 0 amide bonds. The van der Waals surface area contributed by atoms with E-state index in [2.05, 4.69) is 40.5 Å². The van der Waals surface area contributed by atoms with Crippen molar-refractivity contribution < 1.29 is 9.47 Å². The van der Waals surface area contributed by atoms with Crippen molar-refractivity contribution in [2.45, 2.75) is 56.8 Å². The lowest BCUT2D eigenvalue weighted by atomic mass is 10.00. The summed E-state index contributed by atoms with van der Waals surface area (Å²) in [5.74, 6) is 0.838. The molecule has 4 rings (SSSR count). The Morgan fingerprint density at radius 1 is 1.04 bits per heavy atom. The largest absolute Gasteiger partial charge is 0.380 e. The summed E-state index contributed by atoms with van der Waals surface area (Å²) in [6.45, 7) is 6.04. The number of nitrogens with zero attached hydrogens (tertiary/aromatic N) is 1. The number of nitrogens with one attached hydrogen (secondary N) is 1. The Morgan fingerprint density at radius 3 is 2.60 bits per heavy atom. The zero-order valence-corrected chi connectivity index (χ0v) is 15.2. The van der Waals surface area contributed by atoms with Crippen LogP contribution in [-0.2, 0) is 16.0 Å². The second-order valence-corrected chi connectivity index (χ2v) is 7.99. The Kier molecular flexibility index (Phi) is 6.03. The van der Waals surface area contributed by atoms with Gasteiger partial charge in [0.15, 0.2) is 0 Å². The zero-order chi connectivity index (χ0) is 16.9. The maximum Gasteiger partial charge on any atom is 0.0772 e. The molecule has 1 aromatic rings. The Labute approximate surface area is 151 Å². The van der Waals surface area contributed by atoms with Crippen molar-refractivity contribution in [1.82, 2.24) is 10.2 Å². The summed E-state index contributed by atoms with van der Waals surface area (Å²) in [6, 6.07) is 11.8. The number of hydrogen-bond donors (Lipinski definition) is 1. The quantitative estimate of drug-likeness (QED) is 0.825. The van der Waals surface area contributed by atoms with Gasteiger partial charge < -0.3 is 14.8 Å². The van der Waals surface area contributed by atoms with Crippen LogP contribution >= 0.6 is 0 Å². The van der Waals surface area contributed by atoms with Crippen LogP contribution in [0, 0.1) is 5.92 Å². The summed E-state index contributed by atoms with van der Waals surface area (Å²) in [5, 5.41) is 3.86. The number of rotatable bonds is 7. The van der Waals surface area contributed by atoms with Gasteiger partial charge in [-0.2, -0.15) is 0 Å². The molecule has 1 saturated carbocycles. The molecular weight excluding hydrogens is 312 g/mol. The van der Waals surface area contributed by atoms with Crippen LogP contribution in [0.15, 0.2) is 30.3 Å². The molecule has 2 heterocycles. The summed E-state index contributed by atoms with van der Waals surface area (Å²) < 4.78 is 11.9. The topological polar surface area (TPSA) is 33.7 Å². The Hall–Kier alpha value is -0.940. The van der Waals surface area contributed by atoms with Gasteiger partial charge in [-0.15, -0.1) is 0 Å². The lowest BCUT2D eigenvalue weighted by Crippen LogP contribution is -2.54. The van der Waals surface area contributed by atoms with E-state index in [9.17, 15) is 0 Å². The lowest BCUT2D eigenvalue weighted by Gasteiger charge is -2.38. The maximum atomic E-state index is 6.21. The molecule has 4 heteroatoms. The minimum atomic E-state index is 0.344. The van der Waals surface area contributed by atoms with Crippen molar-refractivity contribution >= 4 is 0 Å². The fourth-order valence-corrected chi connectivity index (χ4v) is 4.02. The van der Waals surface area contributed by atoms with Gasteiger partial charge in [0.05, 0.1) is 18.8 Å². The van der Waals surface area contributed by atoms with Crippen LogP contribution in [0.2, 0.25) is 0 Å². The number of likely N-dealkylation sites (tertiary alicyclic amines) is 1. The maximum absolute atomic E-state index is 6.21. The second kappa shape index (κ2) is 8.63. The molecule has 0 spiro atoms. The minimum Gasteiger partial charge on any atom is -0.380 e. The first-order chi connectivity index (χ1) is 12.4. The third-order valence-corrected chi connectivity index (χ3v) is 5.82. The van der Waals surface area contributed by atoms with Crippen LogP contribution in [-0.4, -0.2) is 56.0 Å². The van der Waals surface area contributed by atoms with E-state index in [1.807, 2.05) is 0 Å². The van der Waals surface area contributed by atoms with E-state index in [1.165, 1.54) is 44.3 Å². The highest BCUT2D eigenvalue weighted by Gasteiger charge is 2.31. The molecule has 25 heavy (non-hydrogen) atoms. The van der Waals surface area contributed by atoms with Crippen molar-refractivity contribution in [2.75, 3.05) is 32.9 Å². The first-order valence-corrected chi connectivity index (χ1v) is 10.1. The molecular formula is C21H32N2O2. The van der Waals surface area contributed by atoms with Crippen LogP contribution in [0.4, 0.5) is 0 Å². The van der Waals surface area contributed by atoms with E-state index in [0.29, 0.717) is 18.2 Å². The number of piperidine rings is 1. The predicted octanol–water partition coefficient (Wildman–Crippen LogP) is 2.82. The van der Waals surface area contributed by atoms with Gasteiger partial charge in [0.1, 0.15) is 0 Å². The fraction of sp³-hybridized carbons (Fsp3) is 0.714. The number of ether oxygens (including phenoxy) is 2. The summed E-state index contributed by atoms with van der Waals surface area (Å²) in [5.41, 5.74) is 1.42. The summed E-state index contributed by atoms with van der Waals surface area (Å²) in [4.78, 5) is 2.58. The fourth-order valence-electron chi connectivity index (χ4n) is 4.02. The van der Waals surface area contributed by atoms with Gasteiger partial charge in [0.2, 0.25) is 0 Å². The van der Waals surface area contributed by atoms with Crippen LogP contribution in [0.3, 0.4) is 0 Å². The van der Waals surface area contributed by atoms with Crippen molar-refractivity contribution in [3.8, 4) is 0 Å². The van der Waals surface area contributed by atoms with Crippen molar-refractivity contribution in [3.05, 3.63) is 35.9 Å². The molecule has 2 saturated heterocycles. The van der Waals surface area contributed by atoms with Gasteiger partial charge in [-0.25, -0.2) is 0 Å². The number of hydrogen-bond acceptors (Lipinski definition) is 4. The first-order valence-electron chi connectivity index (χ1n) is 10.1. The van der Waals surface area contributed by atoms with E-state index in [-0.39, 0.29) is 0 Å². The minimum absolute atomic E-state index is 0.344. The second-order valence-electron chi connectivity index (χ2n) is 7.99. The molecule has 3 fully saturated rings. The smallest absolute Gasteiger partial charge is 0.0772 e. The van der Waals surface area contributed by atoms with Gasteiger partial charge in [0.25, 0.3) is 0 Å². The third-order valence-electron chi connectivity index (χ3n) is 5.82. The van der Waals surface area contributed by atoms with Crippen LogP contribution in [0.25, 0.3) is 0 Å². The van der Waals surface area contributed by atoms with E-state index in [1.54, 1.807) is 0 Å². The molecule has 0 unspecified atom stereocenters. The standard InChI is InChI=1S/C21H32N2O2/c1-2-4-17(5-3-1)14-23-11-8-19(9-12-23)22-20-16-24-13-10-21(20)25-15-18-6-7-18/h1-5,18-22H,6-16H2/t20-,21+/m0/s1. The molecule has 1 aromatic carbocycles. The predicted molar refractivity (Wildman–Crippen MR) is 99.6 cm³/mol. The van der Waals surface area contributed by atoms with Gasteiger partial charge in [-0.3, -0.25) is 4.90 Å². The number of benzene rings is 1. The van der Waals surface area contributed by atoms with Gasteiger partial charge in [-0.1, -0.05) is 30.3 Å². The average Bonchev–Trinajstić information content (AvgIpc) is 3.48. The molecule has 1 aliphatic carbocycles. The highest BCUT2D eigenvalue weighted by atomic mass is 16.5.